The van der Waals surface area contributed by atoms with Crippen LogP contribution >= 0.6 is 46.0 Å². The minimum absolute atomic E-state index is 0.103. The summed E-state index contributed by atoms with van der Waals surface area (Å²) in [5.41, 5.74) is 5.33. The summed E-state index contributed by atoms with van der Waals surface area (Å²) in [6.45, 7) is 5.09. The molecular formula is C39H36ClN7O7S5. The zero-order chi connectivity index (χ0) is 42.3. The number of carbonyl (C=O) groups is 2. The molecule has 0 fully saturated rings. The van der Waals surface area contributed by atoms with Crippen molar-refractivity contribution in [2.24, 2.45) is 0 Å². The molecule has 0 atom stereocenters. The molecule has 0 aliphatic rings. The standard InChI is InChI=1S/C20H18N4O3S4.C19H18ClN3O4S/c1-13-10-16(24(22-13)15-6-4-3-5-7-15)11-18(25)23-31(26,27)19-17(8-9-28-19)30-20-21-14(2)12-29-20;1-13-9-16(23(21-13)15-5-3-2-4-6-15)11-19(25)22-28(26,27)17-7-8-18(20)14(10-17)12-24/h3-10,12H,11H2,1-2H3,(H,23,25);2-10,24H,11-12H2,1H3,(H,22,25). The number of rotatable bonds is 13. The maximum Gasteiger partial charge on any atom is 0.274 e. The summed E-state index contributed by atoms with van der Waals surface area (Å²) in [4.78, 5) is 29.8. The van der Waals surface area contributed by atoms with E-state index in [2.05, 4.69) is 19.9 Å². The van der Waals surface area contributed by atoms with Crippen LogP contribution in [0.3, 0.4) is 0 Å². The summed E-state index contributed by atoms with van der Waals surface area (Å²) >= 11 is 9.68. The number of sulfonamides is 2. The highest BCUT2D eigenvalue weighted by Crippen LogP contribution is 2.37. The molecule has 2 amide bonds. The van der Waals surface area contributed by atoms with Gasteiger partial charge >= 0.3 is 0 Å². The topological polar surface area (TPSA) is 195 Å². The minimum atomic E-state index is -4.10. The van der Waals surface area contributed by atoms with E-state index in [1.165, 1.54) is 41.3 Å². The van der Waals surface area contributed by atoms with Crippen LogP contribution in [0.4, 0.5) is 0 Å². The van der Waals surface area contributed by atoms with Crippen molar-refractivity contribution in [1.82, 2.24) is 34.0 Å². The van der Waals surface area contributed by atoms with Gasteiger partial charge < -0.3 is 5.11 Å². The zero-order valence-electron chi connectivity index (χ0n) is 31.6. The van der Waals surface area contributed by atoms with Gasteiger partial charge in [-0.1, -0.05) is 59.8 Å². The van der Waals surface area contributed by atoms with Crippen molar-refractivity contribution in [1.29, 1.82) is 0 Å². The van der Waals surface area contributed by atoms with E-state index >= 15 is 0 Å². The first kappa shape index (κ1) is 43.4. The number of amides is 2. The Kier molecular flexibility index (Phi) is 13.9. The van der Waals surface area contributed by atoms with Gasteiger partial charge in [0.05, 0.1) is 58.5 Å². The van der Waals surface area contributed by atoms with Crippen molar-refractivity contribution in [2.75, 3.05) is 0 Å². The molecule has 14 nitrogen and oxygen atoms in total. The summed E-state index contributed by atoms with van der Waals surface area (Å²) in [7, 11) is -8.10. The average molecular weight is 911 g/mol. The zero-order valence-corrected chi connectivity index (χ0v) is 36.4. The number of aliphatic hydroxyl groups is 1. The number of halogens is 1. The molecule has 0 bridgehead atoms. The van der Waals surface area contributed by atoms with E-state index in [1.54, 1.807) is 39.9 Å². The Balaban J connectivity index is 0.000000199. The third kappa shape index (κ3) is 11.1. The van der Waals surface area contributed by atoms with Gasteiger partial charge in [-0.3, -0.25) is 9.59 Å². The van der Waals surface area contributed by atoms with Crippen LogP contribution in [0, 0.1) is 20.8 Å². The molecule has 7 aromatic rings. The van der Waals surface area contributed by atoms with Crippen LogP contribution in [0.5, 0.6) is 0 Å². The second kappa shape index (κ2) is 18.8. The molecule has 0 radical (unpaired) electrons. The lowest BCUT2D eigenvalue weighted by molar-refractivity contribution is -0.119. The number of benzene rings is 3. The Morgan fingerprint density at radius 1 is 0.729 bits per heavy atom. The van der Waals surface area contributed by atoms with E-state index in [1.807, 2.05) is 84.6 Å². The van der Waals surface area contributed by atoms with Crippen molar-refractivity contribution in [2.45, 2.75) is 58.6 Å². The van der Waals surface area contributed by atoms with Crippen LogP contribution in [-0.4, -0.2) is 58.3 Å². The largest absolute Gasteiger partial charge is 0.392 e. The van der Waals surface area contributed by atoms with E-state index in [9.17, 15) is 31.5 Å². The monoisotopic (exact) mass is 909 g/mol. The van der Waals surface area contributed by atoms with Gasteiger partial charge in [-0.25, -0.2) is 40.6 Å². The smallest absolute Gasteiger partial charge is 0.274 e. The fourth-order valence-corrected chi connectivity index (χ4v) is 11.5. The molecule has 0 saturated carbocycles. The number of aryl methyl sites for hydroxylation is 3. The summed E-state index contributed by atoms with van der Waals surface area (Å²) in [6, 6.07) is 27.7. The number of para-hydroxylation sites is 2. The van der Waals surface area contributed by atoms with E-state index in [0.29, 0.717) is 22.0 Å². The highest BCUT2D eigenvalue weighted by molar-refractivity contribution is 8.02. The summed E-state index contributed by atoms with van der Waals surface area (Å²) in [5.74, 6) is -1.32. The summed E-state index contributed by atoms with van der Waals surface area (Å²) < 4.78 is 59.1. The fourth-order valence-electron chi connectivity index (χ4n) is 5.62. The predicted octanol–water partition coefficient (Wildman–Crippen LogP) is 6.58. The normalized spacial score (nSPS) is 11.5. The van der Waals surface area contributed by atoms with Crippen LogP contribution in [0.1, 0.15) is 34.0 Å². The van der Waals surface area contributed by atoms with Crippen LogP contribution in [0.2, 0.25) is 5.02 Å². The molecule has 0 aliphatic heterocycles. The minimum Gasteiger partial charge on any atom is -0.392 e. The van der Waals surface area contributed by atoms with Crippen molar-refractivity contribution < 1.29 is 31.5 Å². The molecule has 4 heterocycles. The number of aromatic nitrogens is 5. The molecule has 7 rings (SSSR count). The quantitative estimate of drug-likeness (QED) is 0.113. The SMILES string of the molecule is Cc1cc(CC(=O)NS(=O)(=O)c2ccc(Cl)c(CO)c2)n(-c2ccccc2)n1.Cc1csc(Sc2ccsc2S(=O)(=O)NC(=O)Cc2cc(C)nn2-c2ccccc2)n1. The van der Waals surface area contributed by atoms with Gasteiger partial charge in [0.15, 0.2) is 8.55 Å². The second-order valence-corrected chi connectivity index (χ2v) is 19.8. The van der Waals surface area contributed by atoms with Crippen LogP contribution in [-0.2, 0) is 49.1 Å². The van der Waals surface area contributed by atoms with Crippen molar-refractivity contribution >= 4 is 77.9 Å². The molecule has 3 aromatic carbocycles. The molecule has 59 heavy (non-hydrogen) atoms. The van der Waals surface area contributed by atoms with Crippen molar-refractivity contribution in [3.63, 3.8) is 0 Å². The van der Waals surface area contributed by atoms with Gasteiger partial charge in [0.2, 0.25) is 11.8 Å². The number of nitrogens with one attached hydrogen (secondary N) is 2. The third-order valence-corrected chi connectivity index (χ3v) is 15.1. The molecule has 0 unspecified atom stereocenters. The van der Waals surface area contributed by atoms with E-state index < -0.39 is 38.5 Å². The number of thiazole rings is 1. The number of hydrogen-bond donors (Lipinski definition) is 3. The van der Waals surface area contributed by atoms with E-state index in [4.69, 9.17) is 11.6 Å². The van der Waals surface area contributed by atoms with Crippen LogP contribution < -0.4 is 9.44 Å². The number of aliphatic hydroxyl groups excluding tert-OH is 1. The maximum absolute atomic E-state index is 12.9. The Labute approximate surface area is 358 Å². The second-order valence-electron chi connectivity index (χ2n) is 12.8. The average Bonchev–Trinajstić information content (AvgIpc) is 4.00. The van der Waals surface area contributed by atoms with Crippen molar-refractivity contribution in [3.05, 3.63) is 147 Å². The van der Waals surface area contributed by atoms with Gasteiger partial charge in [0.25, 0.3) is 20.0 Å². The van der Waals surface area contributed by atoms with Crippen LogP contribution in [0.25, 0.3) is 11.4 Å². The first-order valence-electron chi connectivity index (χ1n) is 17.5. The molecule has 0 spiro atoms. The Hall–Kier alpha value is -5.15. The Morgan fingerprint density at radius 2 is 1.27 bits per heavy atom. The molecule has 0 saturated heterocycles. The fraction of sp³-hybridized carbons (Fsp3) is 0.154. The number of hydrogen-bond acceptors (Lipinski definition) is 13. The highest BCUT2D eigenvalue weighted by Gasteiger charge is 2.25. The summed E-state index contributed by atoms with van der Waals surface area (Å²) in [5, 5.41) is 21.9. The molecule has 3 N–H and O–H groups in total. The van der Waals surface area contributed by atoms with Gasteiger partial charge in [0.1, 0.15) is 0 Å². The Morgan fingerprint density at radius 3 is 1.78 bits per heavy atom. The van der Waals surface area contributed by atoms with Gasteiger partial charge in [-0.15, -0.1) is 22.7 Å². The van der Waals surface area contributed by atoms with E-state index in [-0.39, 0.29) is 32.5 Å². The Bertz CT molecular complexity index is 2820. The summed E-state index contributed by atoms with van der Waals surface area (Å²) in [6.07, 6.45) is -0.288. The maximum atomic E-state index is 12.9. The third-order valence-electron chi connectivity index (χ3n) is 8.12. The molecule has 4 aromatic heterocycles. The van der Waals surface area contributed by atoms with Crippen molar-refractivity contribution in [3.8, 4) is 11.4 Å². The number of thiophene rings is 1. The first-order chi connectivity index (χ1) is 28.1. The van der Waals surface area contributed by atoms with E-state index in [0.717, 1.165) is 38.4 Å². The lowest BCUT2D eigenvalue weighted by atomic mass is 10.2. The molecule has 306 valence electrons. The highest BCUT2D eigenvalue weighted by atomic mass is 35.5. The number of nitrogens with zero attached hydrogens (tertiary/aromatic N) is 5. The molecule has 0 aliphatic carbocycles. The predicted molar refractivity (Wildman–Crippen MR) is 227 cm³/mol. The molecule has 20 heteroatoms. The lowest BCUT2D eigenvalue weighted by Gasteiger charge is -2.10. The van der Waals surface area contributed by atoms with Gasteiger partial charge in [-0.2, -0.15) is 10.2 Å². The van der Waals surface area contributed by atoms with Gasteiger partial charge in [0, 0.05) is 21.0 Å². The van der Waals surface area contributed by atoms with Gasteiger partial charge in [-0.05, 0) is 92.4 Å². The lowest BCUT2D eigenvalue weighted by Crippen LogP contribution is -2.32. The molecular weight excluding hydrogens is 874 g/mol. The first-order valence-corrected chi connectivity index (χ1v) is 23.4. The number of carbonyl (C=O) groups excluding carboxylic acids is 2. The van der Waals surface area contributed by atoms with Crippen LogP contribution in [0.15, 0.2) is 126 Å².